The summed E-state index contributed by atoms with van der Waals surface area (Å²) in [5, 5.41) is 11.3. The van der Waals surface area contributed by atoms with Gasteiger partial charge in [-0.3, -0.25) is 4.74 Å². The van der Waals surface area contributed by atoms with Gasteiger partial charge in [0.2, 0.25) is 11.8 Å². The van der Waals surface area contributed by atoms with Crippen LogP contribution in [0.5, 0.6) is 5.88 Å². The maximum Gasteiger partial charge on any atom is 0.522 e. The Morgan fingerprint density at radius 3 is 2.61 bits per heavy atom. The van der Waals surface area contributed by atoms with Gasteiger partial charge < -0.3 is 15.0 Å². The number of nitrogens with one attached hydrogen (secondary N) is 2. The number of hydrogen-bond donors (Lipinski definition) is 2. The number of pyridine rings is 1. The predicted molar refractivity (Wildman–Crippen MR) is 118 cm³/mol. The fourth-order valence-electron chi connectivity index (χ4n) is 4.37. The molecule has 4 aromatic heterocycles. The quantitative estimate of drug-likeness (QED) is 0.352. The minimum Gasteiger partial charge on any atom is -0.480 e. The Labute approximate surface area is 200 Å². The summed E-state index contributed by atoms with van der Waals surface area (Å²) < 4.78 is 73.8. The molecule has 1 fully saturated rings. The molecule has 4 aromatic rings. The van der Waals surface area contributed by atoms with E-state index in [-0.39, 0.29) is 36.4 Å². The van der Waals surface area contributed by atoms with Crippen molar-refractivity contribution >= 4 is 28.1 Å². The van der Waals surface area contributed by atoms with Crippen molar-refractivity contribution in [3.05, 3.63) is 18.3 Å². The highest BCUT2D eigenvalue weighted by Gasteiger charge is 2.35. The summed E-state index contributed by atoms with van der Waals surface area (Å²) in [6.45, 7) is -0.632. The van der Waals surface area contributed by atoms with Crippen molar-refractivity contribution in [2.45, 2.75) is 57.2 Å². The second-order valence-corrected chi connectivity index (χ2v) is 8.37. The van der Waals surface area contributed by atoms with Crippen molar-refractivity contribution in [3.8, 4) is 17.1 Å². The van der Waals surface area contributed by atoms with Gasteiger partial charge in [0.1, 0.15) is 17.7 Å². The molecule has 1 saturated carbocycles. The second kappa shape index (κ2) is 9.44. The van der Waals surface area contributed by atoms with Gasteiger partial charge in [-0.1, -0.05) is 5.21 Å². The lowest BCUT2D eigenvalue weighted by Gasteiger charge is -2.29. The number of methoxy groups -OCH3 is 1. The summed E-state index contributed by atoms with van der Waals surface area (Å²) >= 11 is 0. The Morgan fingerprint density at radius 2 is 1.92 bits per heavy atom. The average molecular weight is 512 g/mol. The number of ether oxygens (including phenoxy) is 2. The number of alkyl halides is 5. The van der Waals surface area contributed by atoms with Gasteiger partial charge in [0.15, 0.2) is 5.65 Å². The SMILES string of the molecule is COc1nc(NC2CCC(OC(F)(F)F)CC2)nc2[nH]cc(-c3ccc4nnn(CC(F)F)c4n3)c12. The first kappa shape index (κ1) is 24.1. The van der Waals surface area contributed by atoms with Gasteiger partial charge in [-0.25, -0.2) is 18.4 Å². The Bertz CT molecular complexity index is 1360. The third-order valence-corrected chi connectivity index (χ3v) is 5.95. The van der Waals surface area contributed by atoms with Crippen LogP contribution in [-0.4, -0.2) is 67.0 Å². The topological polar surface area (TPSA) is 116 Å². The summed E-state index contributed by atoms with van der Waals surface area (Å²) in [6, 6.07) is 3.19. The van der Waals surface area contributed by atoms with Crippen molar-refractivity contribution in [2.75, 3.05) is 12.4 Å². The minimum atomic E-state index is -4.64. The smallest absolute Gasteiger partial charge is 0.480 e. The van der Waals surface area contributed by atoms with Crippen LogP contribution >= 0.6 is 0 Å². The van der Waals surface area contributed by atoms with E-state index in [1.807, 2.05) is 0 Å². The molecule has 0 atom stereocenters. The molecule has 36 heavy (non-hydrogen) atoms. The van der Waals surface area contributed by atoms with E-state index in [4.69, 9.17) is 4.74 Å². The molecule has 0 amide bonds. The fraction of sp³-hybridized carbons (Fsp3) is 0.476. The Morgan fingerprint density at radius 1 is 1.14 bits per heavy atom. The van der Waals surface area contributed by atoms with Gasteiger partial charge >= 0.3 is 6.36 Å². The van der Waals surface area contributed by atoms with E-state index in [1.165, 1.54) is 7.11 Å². The lowest BCUT2D eigenvalue weighted by molar-refractivity contribution is -0.345. The summed E-state index contributed by atoms with van der Waals surface area (Å²) in [4.78, 5) is 16.4. The van der Waals surface area contributed by atoms with Crippen LogP contribution in [0.15, 0.2) is 18.3 Å². The van der Waals surface area contributed by atoms with Crippen LogP contribution in [0.1, 0.15) is 25.7 Å². The molecule has 5 rings (SSSR count). The fourth-order valence-corrected chi connectivity index (χ4v) is 4.37. The van der Waals surface area contributed by atoms with Gasteiger partial charge in [-0.2, -0.15) is 9.97 Å². The van der Waals surface area contributed by atoms with Gasteiger partial charge in [0, 0.05) is 17.8 Å². The highest BCUT2D eigenvalue weighted by atomic mass is 19.4. The molecule has 0 saturated heterocycles. The zero-order valence-electron chi connectivity index (χ0n) is 18.9. The minimum absolute atomic E-state index is 0.124. The highest BCUT2D eigenvalue weighted by molar-refractivity contribution is 5.97. The number of halogens is 5. The number of fused-ring (bicyclic) bond motifs is 2. The van der Waals surface area contributed by atoms with E-state index < -0.39 is 25.4 Å². The van der Waals surface area contributed by atoms with E-state index in [9.17, 15) is 22.0 Å². The number of rotatable bonds is 7. The van der Waals surface area contributed by atoms with Crippen molar-refractivity contribution in [3.63, 3.8) is 0 Å². The first-order chi connectivity index (χ1) is 17.2. The molecular formula is C21H21F5N8O2. The Hall–Kier alpha value is -3.62. The first-order valence-corrected chi connectivity index (χ1v) is 11.1. The summed E-state index contributed by atoms with van der Waals surface area (Å²) in [5.41, 5.74) is 2.08. The first-order valence-electron chi connectivity index (χ1n) is 11.1. The van der Waals surface area contributed by atoms with E-state index in [1.54, 1.807) is 18.3 Å². The lowest BCUT2D eigenvalue weighted by atomic mass is 9.93. The van der Waals surface area contributed by atoms with E-state index in [0.717, 1.165) is 4.68 Å². The largest absolute Gasteiger partial charge is 0.522 e. The molecule has 2 N–H and O–H groups in total. The molecule has 0 unspecified atom stereocenters. The highest BCUT2D eigenvalue weighted by Crippen LogP contribution is 2.35. The molecule has 0 radical (unpaired) electrons. The molecule has 10 nitrogen and oxygen atoms in total. The number of aromatic nitrogens is 7. The van der Waals surface area contributed by atoms with Crippen LogP contribution in [0.25, 0.3) is 33.5 Å². The Kier molecular flexibility index (Phi) is 6.32. The van der Waals surface area contributed by atoms with Gasteiger partial charge in [0.05, 0.1) is 24.3 Å². The lowest BCUT2D eigenvalue weighted by Crippen LogP contribution is -2.33. The van der Waals surface area contributed by atoms with Gasteiger partial charge in [-0.15, -0.1) is 18.3 Å². The molecule has 1 aliphatic carbocycles. The maximum absolute atomic E-state index is 12.9. The summed E-state index contributed by atoms with van der Waals surface area (Å²) in [7, 11) is 1.44. The molecule has 0 spiro atoms. The van der Waals surface area contributed by atoms with Crippen molar-refractivity contribution in [2.24, 2.45) is 0 Å². The van der Waals surface area contributed by atoms with Gasteiger partial charge in [-0.05, 0) is 37.8 Å². The van der Waals surface area contributed by atoms with Crippen LogP contribution in [0.3, 0.4) is 0 Å². The third kappa shape index (κ3) is 5.01. The van der Waals surface area contributed by atoms with E-state index >= 15 is 0 Å². The molecule has 0 aromatic carbocycles. The predicted octanol–water partition coefficient (Wildman–Crippen LogP) is 4.30. The van der Waals surface area contributed by atoms with Crippen molar-refractivity contribution in [1.82, 2.24) is 34.9 Å². The Balaban J connectivity index is 1.39. The summed E-state index contributed by atoms with van der Waals surface area (Å²) in [5.74, 6) is 0.504. The molecular weight excluding hydrogens is 491 g/mol. The van der Waals surface area contributed by atoms with Crippen LogP contribution in [0.4, 0.5) is 27.9 Å². The van der Waals surface area contributed by atoms with Crippen LogP contribution in [-0.2, 0) is 11.3 Å². The van der Waals surface area contributed by atoms with Crippen LogP contribution in [0.2, 0.25) is 0 Å². The number of nitrogens with zero attached hydrogens (tertiary/aromatic N) is 6. The zero-order valence-corrected chi connectivity index (χ0v) is 18.9. The van der Waals surface area contributed by atoms with Gasteiger partial charge in [0.25, 0.3) is 6.43 Å². The number of hydrogen-bond acceptors (Lipinski definition) is 8. The second-order valence-electron chi connectivity index (χ2n) is 8.37. The molecule has 4 heterocycles. The van der Waals surface area contributed by atoms with Crippen LogP contribution in [0, 0.1) is 0 Å². The normalized spacial score (nSPS) is 18.9. The zero-order chi connectivity index (χ0) is 25.4. The van der Waals surface area contributed by atoms with E-state index in [2.05, 4.69) is 40.3 Å². The molecule has 0 aliphatic heterocycles. The number of H-pyrrole nitrogens is 1. The average Bonchev–Trinajstić information content (AvgIpc) is 3.42. The number of anilines is 1. The monoisotopic (exact) mass is 512 g/mol. The number of aromatic amines is 1. The molecule has 0 bridgehead atoms. The van der Waals surface area contributed by atoms with Crippen molar-refractivity contribution < 1.29 is 31.4 Å². The summed E-state index contributed by atoms with van der Waals surface area (Å²) in [6.07, 6.45) is -5.02. The standard InChI is InChI=1S/C21H21F5N8O2/c1-35-19-16-12(13-6-7-14-18(29-13)34(33-32-14)9-15(22)23)8-27-17(16)30-20(31-19)28-10-2-4-11(5-3-10)36-21(24,25)26/h6-8,10-11,15H,2-5,9H2,1H3,(H2,27,28,30,31). The van der Waals surface area contributed by atoms with Crippen LogP contribution < -0.4 is 10.1 Å². The van der Waals surface area contributed by atoms with E-state index in [0.29, 0.717) is 40.6 Å². The molecule has 15 heteroatoms. The third-order valence-electron chi connectivity index (χ3n) is 5.95. The molecule has 192 valence electrons. The molecule has 1 aliphatic rings. The van der Waals surface area contributed by atoms with Crippen molar-refractivity contribution in [1.29, 1.82) is 0 Å². The maximum atomic E-state index is 12.9.